The van der Waals surface area contributed by atoms with Gasteiger partial charge in [-0.2, -0.15) is 0 Å². The van der Waals surface area contributed by atoms with Gasteiger partial charge in [-0.15, -0.1) is 0 Å². The Morgan fingerprint density at radius 3 is 2.62 bits per heavy atom. The maximum absolute atomic E-state index is 13.8. The normalized spacial score (nSPS) is 12.4. The quantitative estimate of drug-likeness (QED) is 0.835. The molecule has 1 atom stereocenters. The van der Waals surface area contributed by atoms with Crippen LogP contribution >= 0.6 is 11.6 Å². The van der Waals surface area contributed by atoms with Gasteiger partial charge in [0, 0.05) is 11.1 Å². The minimum atomic E-state index is -0.426. The zero-order chi connectivity index (χ0) is 15.4. The average molecular weight is 310 g/mol. The molecule has 0 aliphatic rings. The van der Waals surface area contributed by atoms with Crippen LogP contribution in [0.2, 0.25) is 5.02 Å². The molecule has 4 heteroatoms. The second kappa shape index (κ2) is 7.01. The minimum Gasteiger partial charge on any atom is -0.310 e. The molecule has 0 saturated carbocycles. The molecule has 0 heterocycles. The molecule has 0 bridgehead atoms. The van der Waals surface area contributed by atoms with Gasteiger partial charge < -0.3 is 5.32 Å². The molecule has 0 spiro atoms. The number of rotatable bonds is 5. The van der Waals surface area contributed by atoms with E-state index >= 15 is 0 Å². The fraction of sp³-hybridized carbons (Fsp3) is 0.294. The lowest BCUT2D eigenvalue weighted by Crippen LogP contribution is -2.24. The Balaban J connectivity index is 2.35. The van der Waals surface area contributed by atoms with Crippen LogP contribution in [0.3, 0.4) is 0 Å². The van der Waals surface area contributed by atoms with E-state index < -0.39 is 5.82 Å². The second-order valence-electron chi connectivity index (χ2n) is 5.05. The van der Waals surface area contributed by atoms with Crippen molar-refractivity contribution in [2.24, 2.45) is 0 Å². The van der Waals surface area contributed by atoms with Crippen LogP contribution in [0.25, 0.3) is 0 Å². The SMILES string of the molecule is CCNC(Cc1cc(F)ccc1F)c1cc(Cl)ccc1C. The molecule has 0 aromatic heterocycles. The second-order valence-corrected chi connectivity index (χ2v) is 5.49. The van der Waals surface area contributed by atoms with Crippen molar-refractivity contribution in [3.05, 3.63) is 69.7 Å². The first-order valence-corrected chi connectivity index (χ1v) is 7.32. The largest absolute Gasteiger partial charge is 0.310 e. The summed E-state index contributed by atoms with van der Waals surface area (Å²) in [5.74, 6) is -0.816. The Labute approximate surface area is 128 Å². The fourth-order valence-electron chi connectivity index (χ4n) is 2.44. The van der Waals surface area contributed by atoms with Gasteiger partial charge in [0.25, 0.3) is 0 Å². The predicted molar refractivity (Wildman–Crippen MR) is 82.7 cm³/mol. The van der Waals surface area contributed by atoms with E-state index in [9.17, 15) is 8.78 Å². The van der Waals surface area contributed by atoms with E-state index in [1.54, 1.807) is 0 Å². The molecule has 0 radical (unpaired) electrons. The van der Waals surface area contributed by atoms with E-state index in [1.165, 1.54) is 12.1 Å². The standard InChI is InChI=1S/C17H18ClF2N/c1-3-21-17(15-10-13(18)5-4-11(15)2)9-12-8-14(19)6-7-16(12)20/h4-8,10,17,21H,3,9H2,1-2H3. The van der Waals surface area contributed by atoms with Crippen molar-refractivity contribution in [2.75, 3.05) is 6.54 Å². The third-order valence-corrected chi connectivity index (χ3v) is 3.73. The van der Waals surface area contributed by atoms with Gasteiger partial charge in [-0.05, 0) is 66.9 Å². The molecular formula is C17H18ClF2N. The molecule has 1 N–H and O–H groups in total. The summed E-state index contributed by atoms with van der Waals surface area (Å²) in [6.07, 6.45) is 0.374. The van der Waals surface area contributed by atoms with Crippen molar-refractivity contribution in [1.82, 2.24) is 5.32 Å². The lowest BCUT2D eigenvalue weighted by Gasteiger charge is -2.21. The van der Waals surface area contributed by atoms with Gasteiger partial charge in [0.2, 0.25) is 0 Å². The fourth-order valence-corrected chi connectivity index (χ4v) is 2.63. The first-order chi connectivity index (χ1) is 10.0. The Hall–Kier alpha value is -1.45. The Morgan fingerprint density at radius 1 is 1.14 bits per heavy atom. The van der Waals surface area contributed by atoms with Gasteiger partial charge in [-0.1, -0.05) is 24.6 Å². The Kier molecular flexibility index (Phi) is 5.32. The minimum absolute atomic E-state index is 0.106. The van der Waals surface area contributed by atoms with Crippen LogP contribution in [-0.2, 0) is 6.42 Å². The summed E-state index contributed by atoms with van der Waals surface area (Å²) >= 11 is 6.06. The van der Waals surface area contributed by atoms with Crippen molar-refractivity contribution in [3.8, 4) is 0 Å². The molecule has 112 valence electrons. The average Bonchev–Trinajstić information content (AvgIpc) is 2.45. The van der Waals surface area contributed by atoms with E-state index in [-0.39, 0.29) is 11.9 Å². The van der Waals surface area contributed by atoms with E-state index in [0.717, 1.165) is 23.7 Å². The highest BCUT2D eigenvalue weighted by atomic mass is 35.5. The van der Waals surface area contributed by atoms with Crippen molar-refractivity contribution >= 4 is 11.6 Å². The zero-order valence-corrected chi connectivity index (χ0v) is 12.8. The first kappa shape index (κ1) is 15.9. The highest BCUT2D eigenvalue weighted by molar-refractivity contribution is 6.30. The van der Waals surface area contributed by atoms with Crippen LogP contribution < -0.4 is 5.32 Å². The van der Waals surface area contributed by atoms with Crippen molar-refractivity contribution in [3.63, 3.8) is 0 Å². The number of aryl methyl sites for hydroxylation is 1. The molecule has 1 nitrogen and oxygen atoms in total. The van der Waals surface area contributed by atoms with Crippen LogP contribution in [0, 0.1) is 18.6 Å². The molecular weight excluding hydrogens is 292 g/mol. The number of nitrogens with one attached hydrogen (secondary N) is 1. The molecule has 0 fully saturated rings. The Morgan fingerprint density at radius 2 is 1.90 bits per heavy atom. The highest BCUT2D eigenvalue weighted by Crippen LogP contribution is 2.26. The predicted octanol–water partition coefficient (Wildman–Crippen LogP) is 4.82. The van der Waals surface area contributed by atoms with Crippen molar-refractivity contribution in [1.29, 1.82) is 0 Å². The van der Waals surface area contributed by atoms with Crippen LogP contribution in [0.1, 0.15) is 29.7 Å². The number of hydrogen-bond donors (Lipinski definition) is 1. The van der Waals surface area contributed by atoms with Crippen LogP contribution in [0.15, 0.2) is 36.4 Å². The van der Waals surface area contributed by atoms with Gasteiger partial charge >= 0.3 is 0 Å². The van der Waals surface area contributed by atoms with Gasteiger partial charge in [-0.3, -0.25) is 0 Å². The molecule has 2 aromatic carbocycles. The smallest absolute Gasteiger partial charge is 0.126 e. The van der Waals surface area contributed by atoms with Crippen molar-refractivity contribution in [2.45, 2.75) is 26.3 Å². The summed E-state index contributed by atoms with van der Waals surface area (Å²) in [7, 11) is 0. The monoisotopic (exact) mass is 309 g/mol. The summed E-state index contributed by atoms with van der Waals surface area (Å²) in [5, 5.41) is 3.95. The molecule has 0 aliphatic heterocycles. The topological polar surface area (TPSA) is 12.0 Å². The molecule has 0 amide bonds. The van der Waals surface area contributed by atoms with Crippen LogP contribution in [-0.4, -0.2) is 6.54 Å². The lowest BCUT2D eigenvalue weighted by atomic mass is 9.95. The summed E-state index contributed by atoms with van der Waals surface area (Å²) in [6.45, 7) is 4.69. The van der Waals surface area contributed by atoms with Gasteiger partial charge in [0.05, 0.1) is 0 Å². The van der Waals surface area contributed by atoms with Crippen molar-refractivity contribution < 1.29 is 8.78 Å². The Bertz CT molecular complexity index is 628. The first-order valence-electron chi connectivity index (χ1n) is 6.94. The summed E-state index contributed by atoms with van der Waals surface area (Å²) in [4.78, 5) is 0. The zero-order valence-electron chi connectivity index (χ0n) is 12.1. The third-order valence-electron chi connectivity index (χ3n) is 3.50. The van der Waals surface area contributed by atoms with Gasteiger partial charge in [0.1, 0.15) is 11.6 Å². The van der Waals surface area contributed by atoms with Crippen LogP contribution in [0.4, 0.5) is 8.78 Å². The molecule has 0 saturated heterocycles. The molecule has 1 unspecified atom stereocenters. The highest BCUT2D eigenvalue weighted by Gasteiger charge is 2.16. The number of halogens is 3. The van der Waals surface area contributed by atoms with E-state index in [2.05, 4.69) is 5.32 Å². The lowest BCUT2D eigenvalue weighted by molar-refractivity contribution is 0.520. The molecule has 21 heavy (non-hydrogen) atoms. The van der Waals surface area contributed by atoms with Gasteiger partial charge in [0.15, 0.2) is 0 Å². The summed E-state index contributed by atoms with van der Waals surface area (Å²) < 4.78 is 27.2. The third kappa shape index (κ3) is 4.02. The molecule has 2 aromatic rings. The summed E-state index contributed by atoms with van der Waals surface area (Å²) in [5.41, 5.74) is 2.44. The molecule has 0 aliphatic carbocycles. The van der Waals surface area contributed by atoms with Crippen LogP contribution in [0.5, 0.6) is 0 Å². The van der Waals surface area contributed by atoms with Gasteiger partial charge in [-0.25, -0.2) is 8.78 Å². The number of hydrogen-bond acceptors (Lipinski definition) is 1. The van der Waals surface area contributed by atoms with E-state index in [1.807, 2.05) is 32.0 Å². The summed E-state index contributed by atoms with van der Waals surface area (Å²) in [6, 6.07) is 9.08. The maximum atomic E-state index is 13.8. The number of benzene rings is 2. The molecule has 2 rings (SSSR count). The maximum Gasteiger partial charge on any atom is 0.126 e. The number of likely N-dealkylation sites (N-methyl/N-ethyl adjacent to an activating group) is 1. The van der Waals surface area contributed by atoms with E-state index in [0.29, 0.717) is 17.0 Å². The van der Waals surface area contributed by atoms with E-state index in [4.69, 9.17) is 11.6 Å².